The maximum Gasteiger partial charge on any atom is 0.149 e. The van der Waals surface area contributed by atoms with E-state index in [1.807, 2.05) is 0 Å². The second-order valence-corrected chi connectivity index (χ2v) is 5.98. The molecule has 2 heteroatoms. The fraction of sp³-hybridized carbons (Fsp3) is 0.938. The number of hydrogen-bond donors (Lipinski definition) is 1. The summed E-state index contributed by atoms with van der Waals surface area (Å²) in [5.74, 6) is 1.21. The molecule has 18 heavy (non-hydrogen) atoms. The van der Waals surface area contributed by atoms with E-state index in [9.17, 15) is 4.79 Å². The molecule has 0 spiro atoms. The summed E-state index contributed by atoms with van der Waals surface area (Å²) in [5.41, 5.74) is 0. The lowest BCUT2D eigenvalue weighted by molar-refractivity contribution is -0.121. The van der Waals surface area contributed by atoms with Crippen molar-refractivity contribution in [1.82, 2.24) is 5.32 Å². The highest BCUT2D eigenvalue weighted by Crippen LogP contribution is 2.28. The number of nitrogens with one attached hydrogen (secondary N) is 1. The Morgan fingerprint density at radius 2 is 1.89 bits per heavy atom. The molecule has 1 aliphatic carbocycles. The summed E-state index contributed by atoms with van der Waals surface area (Å²) in [4.78, 5) is 12.2. The van der Waals surface area contributed by atoms with Crippen LogP contribution in [0.5, 0.6) is 0 Å². The number of Topliss-reactive ketones (excluding diaryl/α,β-unsaturated/α-hetero) is 1. The molecule has 2 nitrogen and oxygen atoms in total. The van der Waals surface area contributed by atoms with E-state index in [0.717, 1.165) is 31.6 Å². The predicted octanol–water partition coefficient (Wildman–Crippen LogP) is 4.08. The average molecular weight is 253 g/mol. The van der Waals surface area contributed by atoms with Gasteiger partial charge in [0.1, 0.15) is 5.78 Å². The SMILES string of the molecule is CCCC(=O)C(CC1CCCCC1)NC(C)CC. The van der Waals surface area contributed by atoms with Crippen molar-refractivity contribution in [3.8, 4) is 0 Å². The topological polar surface area (TPSA) is 29.1 Å². The molecular weight excluding hydrogens is 222 g/mol. The van der Waals surface area contributed by atoms with Gasteiger partial charge >= 0.3 is 0 Å². The molecule has 106 valence electrons. The van der Waals surface area contributed by atoms with Crippen LogP contribution in [0.2, 0.25) is 0 Å². The van der Waals surface area contributed by atoms with E-state index >= 15 is 0 Å². The van der Waals surface area contributed by atoms with Gasteiger partial charge in [-0.05, 0) is 32.1 Å². The molecule has 1 fully saturated rings. The summed E-state index contributed by atoms with van der Waals surface area (Å²) in [5, 5.41) is 3.55. The molecule has 0 aromatic heterocycles. The monoisotopic (exact) mass is 253 g/mol. The van der Waals surface area contributed by atoms with Crippen LogP contribution in [0, 0.1) is 5.92 Å². The van der Waals surface area contributed by atoms with Gasteiger partial charge in [-0.1, -0.05) is 46.0 Å². The Kier molecular flexibility index (Phi) is 7.57. The fourth-order valence-corrected chi connectivity index (χ4v) is 2.93. The van der Waals surface area contributed by atoms with Crippen LogP contribution in [0.25, 0.3) is 0 Å². The smallest absolute Gasteiger partial charge is 0.149 e. The number of carbonyl (C=O) groups excluding carboxylic acids is 1. The number of hydrogen-bond acceptors (Lipinski definition) is 2. The first-order valence-corrected chi connectivity index (χ1v) is 7.96. The minimum Gasteiger partial charge on any atom is -0.305 e. The summed E-state index contributed by atoms with van der Waals surface area (Å²) < 4.78 is 0. The van der Waals surface area contributed by atoms with Crippen molar-refractivity contribution in [3.05, 3.63) is 0 Å². The zero-order valence-corrected chi connectivity index (χ0v) is 12.5. The average Bonchev–Trinajstić information content (AvgIpc) is 2.39. The third kappa shape index (κ3) is 5.51. The normalized spacial score (nSPS) is 20.6. The van der Waals surface area contributed by atoms with Crippen LogP contribution in [0.15, 0.2) is 0 Å². The molecule has 2 atom stereocenters. The van der Waals surface area contributed by atoms with Gasteiger partial charge in [-0.2, -0.15) is 0 Å². The quantitative estimate of drug-likeness (QED) is 0.706. The largest absolute Gasteiger partial charge is 0.305 e. The van der Waals surface area contributed by atoms with E-state index in [2.05, 4.69) is 26.1 Å². The van der Waals surface area contributed by atoms with Crippen molar-refractivity contribution in [3.63, 3.8) is 0 Å². The fourth-order valence-electron chi connectivity index (χ4n) is 2.93. The lowest BCUT2D eigenvalue weighted by Gasteiger charge is -2.28. The third-order valence-electron chi connectivity index (χ3n) is 4.28. The van der Waals surface area contributed by atoms with Gasteiger partial charge in [0.05, 0.1) is 6.04 Å². The Bertz CT molecular complexity index is 233. The van der Waals surface area contributed by atoms with E-state index in [4.69, 9.17) is 0 Å². The Hall–Kier alpha value is -0.370. The molecule has 0 heterocycles. The van der Waals surface area contributed by atoms with Crippen molar-refractivity contribution >= 4 is 5.78 Å². The molecule has 1 N–H and O–H groups in total. The Morgan fingerprint density at radius 1 is 1.22 bits per heavy atom. The third-order valence-corrected chi connectivity index (χ3v) is 4.28. The maximum absolute atomic E-state index is 12.2. The zero-order chi connectivity index (χ0) is 13.4. The van der Waals surface area contributed by atoms with Crippen LogP contribution in [-0.2, 0) is 4.79 Å². The molecule has 0 amide bonds. The van der Waals surface area contributed by atoms with Crippen LogP contribution >= 0.6 is 0 Å². The van der Waals surface area contributed by atoms with Crippen molar-refractivity contribution in [2.24, 2.45) is 5.92 Å². The van der Waals surface area contributed by atoms with Gasteiger partial charge in [0.25, 0.3) is 0 Å². The van der Waals surface area contributed by atoms with Crippen molar-refractivity contribution in [2.45, 2.75) is 90.6 Å². The Morgan fingerprint density at radius 3 is 2.44 bits per heavy atom. The Labute approximate surface area is 113 Å². The summed E-state index contributed by atoms with van der Waals surface area (Å²) >= 11 is 0. The van der Waals surface area contributed by atoms with Gasteiger partial charge in [0.15, 0.2) is 0 Å². The van der Waals surface area contributed by atoms with E-state index in [0.29, 0.717) is 11.8 Å². The number of rotatable bonds is 8. The van der Waals surface area contributed by atoms with Crippen LogP contribution in [0.4, 0.5) is 0 Å². The molecule has 0 aromatic rings. The minimum atomic E-state index is 0.114. The molecule has 1 rings (SSSR count). The van der Waals surface area contributed by atoms with E-state index in [1.165, 1.54) is 32.1 Å². The number of carbonyl (C=O) groups is 1. The lowest BCUT2D eigenvalue weighted by atomic mass is 9.83. The zero-order valence-electron chi connectivity index (χ0n) is 12.5. The molecule has 0 aliphatic heterocycles. The van der Waals surface area contributed by atoms with E-state index in [1.54, 1.807) is 0 Å². The minimum absolute atomic E-state index is 0.114. The summed E-state index contributed by atoms with van der Waals surface area (Å²) in [7, 11) is 0. The molecule has 1 saturated carbocycles. The second-order valence-electron chi connectivity index (χ2n) is 5.98. The molecule has 0 saturated heterocycles. The van der Waals surface area contributed by atoms with Gasteiger partial charge in [-0.15, -0.1) is 0 Å². The second kappa shape index (κ2) is 8.68. The van der Waals surface area contributed by atoms with Gasteiger partial charge in [0.2, 0.25) is 0 Å². The lowest BCUT2D eigenvalue weighted by Crippen LogP contribution is -2.43. The van der Waals surface area contributed by atoms with Gasteiger partial charge in [-0.25, -0.2) is 0 Å². The molecular formula is C16H31NO. The molecule has 0 bridgehead atoms. The molecule has 2 unspecified atom stereocenters. The van der Waals surface area contributed by atoms with Crippen LogP contribution in [-0.4, -0.2) is 17.9 Å². The molecule has 0 aromatic carbocycles. The maximum atomic E-state index is 12.2. The highest BCUT2D eigenvalue weighted by Gasteiger charge is 2.24. The van der Waals surface area contributed by atoms with Crippen LogP contribution < -0.4 is 5.32 Å². The summed E-state index contributed by atoms with van der Waals surface area (Å²) in [6.45, 7) is 6.46. The number of ketones is 1. The highest BCUT2D eigenvalue weighted by atomic mass is 16.1. The van der Waals surface area contributed by atoms with Crippen molar-refractivity contribution in [1.29, 1.82) is 0 Å². The first kappa shape index (κ1) is 15.7. The first-order chi connectivity index (χ1) is 8.67. The van der Waals surface area contributed by atoms with E-state index < -0.39 is 0 Å². The van der Waals surface area contributed by atoms with Gasteiger partial charge < -0.3 is 5.32 Å². The van der Waals surface area contributed by atoms with Crippen LogP contribution in [0.1, 0.15) is 78.6 Å². The predicted molar refractivity (Wildman–Crippen MR) is 77.8 cm³/mol. The standard InChI is InChI=1S/C16H31NO/c1-4-9-16(18)15(17-13(3)5-2)12-14-10-7-6-8-11-14/h13-15,17H,4-12H2,1-3H3. The van der Waals surface area contributed by atoms with Gasteiger partial charge in [0, 0.05) is 12.5 Å². The highest BCUT2D eigenvalue weighted by molar-refractivity contribution is 5.83. The van der Waals surface area contributed by atoms with Crippen molar-refractivity contribution in [2.75, 3.05) is 0 Å². The van der Waals surface area contributed by atoms with Gasteiger partial charge in [-0.3, -0.25) is 4.79 Å². The summed E-state index contributed by atoms with van der Waals surface area (Å²) in [6.07, 6.45) is 10.7. The molecule has 0 radical (unpaired) electrons. The summed E-state index contributed by atoms with van der Waals surface area (Å²) in [6, 6.07) is 0.572. The van der Waals surface area contributed by atoms with E-state index in [-0.39, 0.29) is 6.04 Å². The van der Waals surface area contributed by atoms with Crippen LogP contribution in [0.3, 0.4) is 0 Å². The van der Waals surface area contributed by atoms with Crippen molar-refractivity contribution < 1.29 is 4.79 Å². The molecule has 1 aliphatic rings. The Balaban J connectivity index is 2.49. The first-order valence-electron chi connectivity index (χ1n) is 7.96.